The molecule has 0 radical (unpaired) electrons. The van der Waals surface area contributed by atoms with Gasteiger partial charge in [0.2, 0.25) is 5.13 Å². The minimum absolute atomic E-state index is 0.123. The van der Waals surface area contributed by atoms with Crippen LogP contribution < -0.4 is 5.32 Å². The molecule has 2 aromatic rings. The van der Waals surface area contributed by atoms with Gasteiger partial charge >= 0.3 is 0 Å². The molecule has 1 aliphatic heterocycles. The topological polar surface area (TPSA) is 64.1 Å². The summed E-state index contributed by atoms with van der Waals surface area (Å²) >= 11 is 2.84. The molecule has 1 aliphatic rings. The van der Waals surface area contributed by atoms with E-state index in [4.69, 9.17) is 4.74 Å². The SMILES string of the molecule is Cc1ccc(-c2nsc(NC(=O)C3CCCO3)n2)s1. The minimum Gasteiger partial charge on any atom is -0.368 e. The summed E-state index contributed by atoms with van der Waals surface area (Å²) in [5, 5.41) is 3.30. The Labute approximate surface area is 118 Å². The number of aryl methyl sites for hydroxylation is 1. The van der Waals surface area contributed by atoms with Gasteiger partial charge in [0, 0.05) is 23.0 Å². The largest absolute Gasteiger partial charge is 0.368 e. The van der Waals surface area contributed by atoms with Crippen molar-refractivity contribution in [2.75, 3.05) is 11.9 Å². The molecule has 2 aromatic heterocycles. The monoisotopic (exact) mass is 295 g/mol. The first-order valence-corrected chi connectivity index (χ1v) is 7.64. The normalized spacial score (nSPS) is 18.7. The number of carbonyl (C=O) groups excluding carboxylic acids is 1. The van der Waals surface area contributed by atoms with Crippen molar-refractivity contribution in [2.24, 2.45) is 0 Å². The van der Waals surface area contributed by atoms with Crippen LogP contribution in [-0.2, 0) is 9.53 Å². The van der Waals surface area contributed by atoms with Crippen LogP contribution >= 0.6 is 22.9 Å². The molecule has 1 unspecified atom stereocenters. The van der Waals surface area contributed by atoms with Crippen LogP contribution in [0, 0.1) is 6.92 Å². The minimum atomic E-state index is -0.337. The van der Waals surface area contributed by atoms with Crippen molar-refractivity contribution in [1.82, 2.24) is 9.36 Å². The summed E-state index contributed by atoms with van der Waals surface area (Å²) in [5.74, 6) is 0.549. The lowest BCUT2D eigenvalue weighted by Crippen LogP contribution is -2.26. The standard InChI is InChI=1S/C12H13N3O2S2/c1-7-4-5-9(18-7)10-13-12(19-15-10)14-11(16)8-3-2-6-17-8/h4-5,8H,2-3,6H2,1H3,(H,13,14,15,16). The van der Waals surface area contributed by atoms with Gasteiger partial charge in [0.1, 0.15) is 6.10 Å². The molecule has 1 fully saturated rings. The fraction of sp³-hybridized carbons (Fsp3) is 0.417. The van der Waals surface area contributed by atoms with Crippen LogP contribution in [0.25, 0.3) is 10.7 Å². The maximum Gasteiger partial charge on any atom is 0.255 e. The Kier molecular flexibility index (Phi) is 3.58. The number of aromatic nitrogens is 2. The first kappa shape index (κ1) is 12.7. The number of hydrogen-bond acceptors (Lipinski definition) is 6. The lowest BCUT2D eigenvalue weighted by Gasteiger charge is -2.07. The quantitative estimate of drug-likeness (QED) is 0.945. The second-order valence-electron chi connectivity index (χ2n) is 4.32. The molecule has 1 atom stereocenters. The molecule has 0 aliphatic carbocycles. The Morgan fingerprint density at radius 3 is 3.11 bits per heavy atom. The Hall–Kier alpha value is -1.31. The molecule has 0 bridgehead atoms. The molecule has 3 heterocycles. The van der Waals surface area contributed by atoms with Crippen molar-refractivity contribution < 1.29 is 9.53 Å². The Balaban J connectivity index is 1.69. The fourth-order valence-electron chi connectivity index (χ4n) is 1.90. The maximum absolute atomic E-state index is 11.9. The van der Waals surface area contributed by atoms with Gasteiger partial charge in [0.05, 0.1) is 4.88 Å². The summed E-state index contributed by atoms with van der Waals surface area (Å²) in [5.41, 5.74) is 0. The third kappa shape index (κ3) is 2.83. The van der Waals surface area contributed by atoms with Gasteiger partial charge in [-0.3, -0.25) is 10.1 Å². The zero-order valence-corrected chi connectivity index (χ0v) is 12.0. The second-order valence-corrected chi connectivity index (χ2v) is 6.36. The second kappa shape index (κ2) is 5.36. The number of carbonyl (C=O) groups is 1. The summed E-state index contributed by atoms with van der Waals surface area (Å²) in [4.78, 5) is 18.4. The number of thiophene rings is 1. The Bertz CT molecular complexity index is 587. The summed E-state index contributed by atoms with van der Waals surface area (Å²) in [7, 11) is 0. The molecule has 3 rings (SSSR count). The summed E-state index contributed by atoms with van der Waals surface area (Å²) in [6.07, 6.45) is 1.38. The van der Waals surface area contributed by atoms with Gasteiger partial charge in [-0.25, -0.2) is 0 Å². The third-order valence-corrected chi connectivity index (χ3v) is 4.47. The first-order valence-electron chi connectivity index (χ1n) is 6.05. The van der Waals surface area contributed by atoms with Crippen molar-refractivity contribution >= 4 is 33.9 Å². The van der Waals surface area contributed by atoms with Gasteiger partial charge in [0.15, 0.2) is 5.82 Å². The highest BCUT2D eigenvalue weighted by Gasteiger charge is 2.24. The molecule has 100 valence electrons. The number of hydrogen-bond donors (Lipinski definition) is 1. The predicted octanol–water partition coefficient (Wildman–Crippen LogP) is 2.69. The number of ether oxygens (including phenoxy) is 1. The van der Waals surface area contributed by atoms with Crippen molar-refractivity contribution in [3.8, 4) is 10.7 Å². The summed E-state index contributed by atoms with van der Waals surface area (Å²) in [6.45, 7) is 2.70. The van der Waals surface area contributed by atoms with Crippen LogP contribution in [0.4, 0.5) is 5.13 Å². The molecule has 1 amide bonds. The van der Waals surface area contributed by atoms with Crippen LogP contribution in [0.15, 0.2) is 12.1 Å². The Morgan fingerprint density at radius 2 is 2.42 bits per heavy atom. The Morgan fingerprint density at radius 1 is 1.53 bits per heavy atom. The van der Waals surface area contributed by atoms with Crippen molar-refractivity contribution in [3.05, 3.63) is 17.0 Å². The molecule has 19 heavy (non-hydrogen) atoms. The van der Waals surface area contributed by atoms with Crippen LogP contribution in [0.5, 0.6) is 0 Å². The van der Waals surface area contributed by atoms with Crippen LogP contribution in [0.2, 0.25) is 0 Å². The molecular formula is C12H13N3O2S2. The number of anilines is 1. The smallest absolute Gasteiger partial charge is 0.255 e. The lowest BCUT2D eigenvalue weighted by molar-refractivity contribution is -0.124. The molecule has 5 nitrogen and oxygen atoms in total. The van der Waals surface area contributed by atoms with E-state index in [9.17, 15) is 4.79 Å². The highest BCUT2D eigenvalue weighted by atomic mass is 32.1. The average Bonchev–Trinajstić information content (AvgIpc) is 3.07. The molecule has 0 aromatic carbocycles. The first-order chi connectivity index (χ1) is 9.22. The van der Waals surface area contributed by atoms with Crippen LogP contribution in [0.1, 0.15) is 17.7 Å². The number of nitrogens with one attached hydrogen (secondary N) is 1. The van der Waals surface area contributed by atoms with Gasteiger partial charge < -0.3 is 4.74 Å². The van der Waals surface area contributed by atoms with Gasteiger partial charge in [-0.2, -0.15) is 9.36 Å². The molecule has 0 spiro atoms. The van der Waals surface area contributed by atoms with E-state index in [1.165, 1.54) is 16.4 Å². The van der Waals surface area contributed by atoms with E-state index in [0.29, 0.717) is 17.6 Å². The van der Waals surface area contributed by atoms with E-state index in [2.05, 4.69) is 14.7 Å². The zero-order valence-electron chi connectivity index (χ0n) is 10.4. The van der Waals surface area contributed by atoms with Gasteiger partial charge in [-0.15, -0.1) is 11.3 Å². The van der Waals surface area contributed by atoms with Crippen molar-refractivity contribution in [1.29, 1.82) is 0 Å². The number of rotatable bonds is 3. The van der Waals surface area contributed by atoms with Gasteiger partial charge in [0.25, 0.3) is 5.91 Å². The van der Waals surface area contributed by atoms with Gasteiger partial charge in [-0.1, -0.05) is 0 Å². The van der Waals surface area contributed by atoms with Crippen LogP contribution in [0.3, 0.4) is 0 Å². The molecule has 1 saturated heterocycles. The third-order valence-electron chi connectivity index (χ3n) is 2.84. The van der Waals surface area contributed by atoms with Crippen LogP contribution in [-0.4, -0.2) is 28.0 Å². The molecule has 0 saturated carbocycles. The van der Waals surface area contributed by atoms with Gasteiger partial charge in [-0.05, 0) is 31.9 Å². The highest BCUT2D eigenvalue weighted by Crippen LogP contribution is 2.28. The summed E-state index contributed by atoms with van der Waals surface area (Å²) in [6, 6.07) is 4.03. The molecular weight excluding hydrogens is 282 g/mol. The maximum atomic E-state index is 11.9. The van der Waals surface area contributed by atoms with E-state index >= 15 is 0 Å². The lowest BCUT2D eigenvalue weighted by atomic mass is 10.2. The molecule has 7 heteroatoms. The van der Waals surface area contributed by atoms with Crippen molar-refractivity contribution in [3.63, 3.8) is 0 Å². The number of nitrogens with zero attached hydrogens (tertiary/aromatic N) is 2. The average molecular weight is 295 g/mol. The van der Waals surface area contributed by atoms with E-state index in [1.54, 1.807) is 11.3 Å². The van der Waals surface area contributed by atoms with E-state index in [0.717, 1.165) is 17.7 Å². The predicted molar refractivity (Wildman–Crippen MR) is 75.6 cm³/mol. The van der Waals surface area contributed by atoms with Crippen molar-refractivity contribution in [2.45, 2.75) is 25.9 Å². The van der Waals surface area contributed by atoms with E-state index in [-0.39, 0.29) is 12.0 Å². The van der Waals surface area contributed by atoms with E-state index < -0.39 is 0 Å². The van der Waals surface area contributed by atoms with E-state index in [1.807, 2.05) is 19.1 Å². The number of amides is 1. The summed E-state index contributed by atoms with van der Waals surface area (Å²) < 4.78 is 9.59. The highest BCUT2D eigenvalue weighted by molar-refractivity contribution is 7.15. The molecule has 1 N–H and O–H groups in total. The fourth-order valence-corrected chi connectivity index (χ4v) is 3.34. The zero-order chi connectivity index (χ0) is 13.2.